The molecular formula is C13H17BrO3. The fraction of sp³-hybridized carbons (Fsp3) is 0.462. The summed E-state index contributed by atoms with van der Waals surface area (Å²) in [6.07, 6.45) is -0.588. The maximum absolute atomic E-state index is 11.4. The molecule has 0 bridgehead atoms. The molecule has 1 aromatic carbocycles. The molecule has 94 valence electrons. The van der Waals surface area contributed by atoms with E-state index < -0.39 is 6.10 Å². The number of halogens is 1. The van der Waals surface area contributed by atoms with E-state index in [9.17, 15) is 4.79 Å². The quantitative estimate of drug-likeness (QED) is 0.800. The molecule has 1 aromatic rings. The van der Waals surface area contributed by atoms with Crippen LogP contribution in [-0.4, -0.2) is 18.7 Å². The van der Waals surface area contributed by atoms with E-state index in [2.05, 4.69) is 15.9 Å². The van der Waals surface area contributed by atoms with Gasteiger partial charge in [0.1, 0.15) is 5.75 Å². The Morgan fingerprint density at radius 1 is 1.35 bits per heavy atom. The third-order valence-corrected chi connectivity index (χ3v) is 3.59. The summed E-state index contributed by atoms with van der Waals surface area (Å²) >= 11 is 3.49. The first-order chi connectivity index (χ1) is 7.95. The SMILES string of the molecule is CCOC(=O)C(C)Oc1cc(C)c(Br)c(C)c1. The van der Waals surface area contributed by atoms with Crippen molar-refractivity contribution in [3.05, 3.63) is 27.7 Å². The zero-order valence-corrected chi connectivity index (χ0v) is 12.1. The average molecular weight is 301 g/mol. The predicted octanol–water partition coefficient (Wildman–Crippen LogP) is 3.40. The number of rotatable bonds is 4. The molecule has 0 saturated carbocycles. The Hall–Kier alpha value is -1.03. The van der Waals surface area contributed by atoms with Crippen LogP contribution in [0.15, 0.2) is 16.6 Å². The highest BCUT2D eigenvalue weighted by molar-refractivity contribution is 9.10. The van der Waals surface area contributed by atoms with Crippen LogP contribution in [0.5, 0.6) is 5.75 Å². The van der Waals surface area contributed by atoms with E-state index in [4.69, 9.17) is 9.47 Å². The Morgan fingerprint density at radius 2 is 1.88 bits per heavy atom. The molecule has 0 heterocycles. The second-order valence-electron chi connectivity index (χ2n) is 3.88. The van der Waals surface area contributed by atoms with Gasteiger partial charge < -0.3 is 9.47 Å². The molecule has 1 unspecified atom stereocenters. The summed E-state index contributed by atoms with van der Waals surface area (Å²) in [5, 5.41) is 0. The third kappa shape index (κ3) is 3.73. The van der Waals surface area contributed by atoms with Crippen LogP contribution in [0.25, 0.3) is 0 Å². The molecule has 0 radical (unpaired) electrons. The highest BCUT2D eigenvalue weighted by atomic mass is 79.9. The monoisotopic (exact) mass is 300 g/mol. The van der Waals surface area contributed by atoms with Gasteiger partial charge in [0.15, 0.2) is 6.10 Å². The molecule has 0 aliphatic carbocycles. The van der Waals surface area contributed by atoms with Crippen molar-refractivity contribution < 1.29 is 14.3 Å². The highest BCUT2D eigenvalue weighted by Crippen LogP contribution is 2.26. The Kier molecular flexibility index (Phi) is 5.00. The summed E-state index contributed by atoms with van der Waals surface area (Å²) in [7, 11) is 0. The van der Waals surface area contributed by atoms with Gasteiger partial charge in [-0.05, 0) is 51.0 Å². The molecule has 17 heavy (non-hydrogen) atoms. The lowest BCUT2D eigenvalue weighted by molar-refractivity contribution is -0.150. The normalized spacial score (nSPS) is 12.1. The maximum atomic E-state index is 11.4. The molecule has 0 saturated heterocycles. The number of ether oxygens (including phenoxy) is 2. The lowest BCUT2D eigenvalue weighted by Crippen LogP contribution is -2.26. The summed E-state index contributed by atoms with van der Waals surface area (Å²) < 4.78 is 11.5. The van der Waals surface area contributed by atoms with E-state index >= 15 is 0 Å². The van der Waals surface area contributed by atoms with Crippen molar-refractivity contribution in [1.29, 1.82) is 0 Å². The van der Waals surface area contributed by atoms with E-state index in [1.54, 1.807) is 13.8 Å². The van der Waals surface area contributed by atoms with Gasteiger partial charge in [0.05, 0.1) is 6.61 Å². The number of carbonyl (C=O) groups is 1. The lowest BCUT2D eigenvalue weighted by Gasteiger charge is -2.15. The van der Waals surface area contributed by atoms with E-state index in [1.165, 1.54) is 0 Å². The topological polar surface area (TPSA) is 35.5 Å². The maximum Gasteiger partial charge on any atom is 0.347 e. The Balaban J connectivity index is 2.78. The molecule has 0 fully saturated rings. The largest absolute Gasteiger partial charge is 0.479 e. The predicted molar refractivity (Wildman–Crippen MR) is 70.3 cm³/mol. The van der Waals surface area contributed by atoms with Crippen molar-refractivity contribution in [2.45, 2.75) is 33.8 Å². The minimum atomic E-state index is -0.588. The minimum Gasteiger partial charge on any atom is -0.479 e. The summed E-state index contributed by atoms with van der Waals surface area (Å²) in [5.74, 6) is 0.342. The molecule has 3 nitrogen and oxygen atoms in total. The second kappa shape index (κ2) is 6.05. The molecule has 0 aromatic heterocycles. The molecule has 0 spiro atoms. The first kappa shape index (κ1) is 14.0. The molecule has 4 heteroatoms. The smallest absolute Gasteiger partial charge is 0.347 e. The fourth-order valence-corrected chi connectivity index (χ4v) is 1.71. The first-order valence-electron chi connectivity index (χ1n) is 5.55. The first-order valence-corrected chi connectivity index (χ1v) is 6.35. The zero-order chi connectivity index (χ0) is 13.0. The zero-order valence-electron chi connectivity index (χ0n) is 10.5. The van der Waals surface area contributed by atoms with Gasteiger partial charge in [0, 0.05) is 4.47 Å². The van der Waals surface area contributed by atoms with E-state index in [1.807, 2.05) is 26.0 Å². The van der Waals surface area contributed by atoms with Crippen molar-refractivity contribution in [3.63, 3.8) is 0 Å². The van der Waals surface area contributed by atoms with Gasteiger partial charge in [-0.1, -0.05) is 15.9 Å². The molecule has 0 aliphatic heterocycles. The summed E-state index contributed by atoms with van der Waals surface area (Å²) in [4.78, 5) is 11.4. The summed E-state index contributed by atoms with van der Waals surface area (Å²) in [5.41, 5.74) is 2.16. The average Bonchev–Trinajstić information content (AvgIpc) is 2.26. The fourth-order valence-electron chi connectivity index (χ4n) is 1.49. The highest BCUT2D eigenvalue weighted by Gasteiger charge is 2.16. The molecule has 0 N–H and O–H groups in total. The van der Waals surface area contributed by atoms with Crippen LogP contribution in [-0.2, 0) is 9.53 Å². The van der Waals surface area contributed by atoms with Crippen molar-refractivity contribution in [2.24, 2.45) is 0 Å². The van der Waals surface area contributed by atoms with Crippen molar-refractivity contribution >= 4 is 21.9 Å². The summed E-state index contributed by atoms with van der Waals surface area (Å²) in [6.45, 7) is 7.80. The number of hydrogen-bond acceptors (Lipinski definition) is 3. The van der Waals surface area contributed by atoms with E-state index in [0.29, 0.717) is 12.4 Å². The van der Waals surface area contributed by atoms with Gasteiger partial charge in [-0.2, -0.15) is 0 Å². The van der Waals surface area contributed by atoms with Gasteiger partial charge in [0.25, 0.3) is 0 Å². The van der Waals surface area contributed by atoms with Crippen LogP contribution in [0.3, 0.4) is 0 Å². The van der Waals surface area contributed by atoms with Crippen LogP contribution in [0.1, 0.15) is 25.0 Å². The number of benzene rings is 1. The van der Waals surface area contributed by atoms with Crippen molar-refractivity contribution in [1.82, 2.24) is 0 Å². The molecule has 0 amide bonds. The van der Waals surface area contributed by atoms with Crippen LogP contribution >= 0.6 is 15.9 Å². The Labute approximate surface area is 110 Å². The molecule has 1 atom stereocenters. The number of aryl methyl sites for hydroxylation is 2. The molecule has 1 rings (SSSR count). The second-order valence-corrected chi connectivity index (χ2v) is 4.68. The van der Waals surface area contributed by atoms with Gasteiger partial charge in [-0.25, -0.2) is 4.79 Å². The van der Waals surface area contributed by atoms with Gasteiger partial charge in [0.2, 0.25) is 0 Å². The number of carbonyl (C=O) groups excluding carboxylic acids is 1. The Bertz CT molecular complexity index is 392. The minimum absolute atomic E-state index is 0.342. The third-order valence-electron chi connectivity index (χ3n) is 2.34. The van der Waals surface area contributed by atoms with Crippen LogP contribution < -0.4 is 4.74 Å². The van der Waals surface area contributed by atoms with Crippen LogP contribution in [0.4, 0.5) is 0 Å². The lowest BCUT2D eigenvalue weighted by atomic mass is 10.1. The molecule has 0 aliphatic rings. The number of hydrogen-bond donors (Lipinski definition) is 0. The summed E-state index contributed by atoms with van der Waals surface area (Å²) in [6, 6.07) is 3.79. The van der Waals surface area contributed by atoms with Crippen LogP contribution in [0.2, 0.25) is 0 Å². The van der Waals surface area contributed by atoms with Crippen molar-refractivity contribution in [2.75, 3.05) is 6.61 Å². The van der Waals surface area contributed by atoms with Crippen molar-refractivity contribution in [3.8, 4) is 5.75 Å². The van der Waals surface area contributed by atoms with Crippen LogP contribution in [0, 0.1) is 13.8 Å². The standard InChI is InChI=1S/C13H17BrO3/c1-5-16-13(15)10(4)17-11-6-8(2)12(14)9(3)7-11/h6-7,10H,5H2,1-4H3. The van der Waals surface area contributed by atoms with E-state index in [-0.39, 0.29) is 5.97 Å². The van der Waals surface area contributed by atoms with Gasteiger partial charge in [-0.15, -0.1) is 0 Å². The molecular weight excluding hydrogens is 284 g/mol. The number of esters is 1. The Morgan fingerprint density at radius 3 is 2.35 bits per heavy atom. The van der Waals surface area contributed by atoms with Gasteiger partial charge >= 0.3 is 5.97 Å². The van der Waals surface area contributed by atoms with Gasteiger partial charge in [-0.3, -0.25) is 0 Å². The van der Waals surface area contributed by atoms with E-state index in [0.717, 1.165) is 15.6 Å².